The molecule has 2 N–H and O–H groups in total. The molecule has 0 spiro atoms. The quantitative estimate of drug-likeness (QED) is 0.829. The van der Waals surface area contributed by atoms with E-state index >= 15 is 0 Å². The summed E-state index contributed by atoms with van der Waals surface area (Å²) in [4.78, 5) is 23.1. The van der Waals surface area contributed by atoms with Crippen LogP contribution in [0.3, 0.4) is 0 Å². The second-order valence-corrected chi connectivity index (χ2v) is 5.44. The zero-order chi connectivity index (χ0) is 15.7. The van der Waals surface area contributed by atoms with E-state index in [2.05, 4.69) is 0 Å². The Morgan fingerprint density at radius 3 is 2.43 bits per heavy atom. The minimum atomic E-state index is -1.01. The number of ketones is 1. The van der Waals surface area contributed by atoms with Gasteiger partial charge in [-0.1, -0.05) is 13.8 Å². The number of hydrogen-bond donors (Lipinski definition) is 2. The number of carbonyl (C=O) groups is 2. The molecule has 0 atom stereocenters. The Hall–Kier alpha value is -2.14. The minimum absolute atomic E-state index is 0.0423. The largest absolute Gasteiger partial charge is 0.478 e. The summed E-state index contributed by atoms with van der Waals surface area (Å²) in [6.45, 7) is 5.74. The van der Waals surface area contributed by atoms with Crippen molar-refractivity contribution in [3.63, 3.8) is 0 Å². The predicted octanol–water partition coefficient (Wildman–Crippen LogP) is 2.66. The van der Waals surface area contributed by atoms with E-state index < -0.39 is 5.97 Å². The van der Waals surface area contributed by atoms with Crippen LogP contribution < -0.4 is 0 Å². The maximum atomic E-state index is 11.8. The van der Waals surface area contributed by atoms with Crippen molar-refractivity contribution in [1.29, 1.82) is 0 Å². The first-order valence-corrected chi connectivity index (χ1v) is 6.88. The lowest BCUT2D eigenvalue weighted by molar-refractivity contribution is 0.0696. The first kappa shape index (κ1) is 15.3. The van der Waals surface area contributed by atoms with Crippen molar-refractivity contribution in [2.24, 2.45) is 0 Å². The molecular formula is C16H19NO4. The second kappa shape index (κ2) is 5.69. The highest BCUT2D eigenvalue weighted by molar-refractivity contribution is 6.09. The van der Waals surface area contributed by atoms with Crippen LogP contribution in [0.25, 0.3) is 10.9 Å². The molecule has 0 bridgehead atoms. The van der Waals surface area contributed by atoms with Gasteiger partial charge in [0, 0.05) is 23.7 Å². The molecular weight excluding hydrogens is 270 g/mol. The Balaban J connectivity index is 2.89. The number of Topliss-reactive ketones (excluding diaryl/α,β-unsaturated/α-hetero) is 1. The molecule has 5 heteroatoms. The lowest BCUT2D eigenvalue weighted by atomic mass is 9.96. The third-order valence-electron chi connectivity index (χ3n) is 3.59. The lowest BCUT2D eigenvalue weighted by Crippen LogP contribution is -2.05. The summed E-state index contributed by atoms with van der Waals surface area (Å²) in [5.41, 5.74) is 2.36. The number of carboxylic acid groups (broad SMARTS) is 1. The van der Waals surface area contributed by atoms with Crippen LogP contribution in [0.5, 0.6) is 0 Å². The summed E-state index contributed by atoms with van der Waals surface area (Å²) in [5, 5.41) is 19.1. The standard InChI is InChI=1S/C16H19NO4/c1-9(2)12-6-11(16(20)21)7-13-14(10(3)19)8-17(4-5-18)15(12)13/h6-9,18H,4-5H2,1-3H3,(H,20,21). The first-order chi connectivity index (χ1) is 9.86. The van der Waals surface area contributed by atoms with E-state index in [0.29, 0.717) is 17.5 Å². The third kappa shape index (κ3) is 2.69. The topological polar surface area (TPSA) is 79.5 Å². The van der Waals surface area contributed by atoms with E-state index in [1.807, 2.05) is 18.4 Å². The predicted molar refractivity (Wildman–Crippen MR) is 80.1 cm³/mol. The van der Waals surface area contributed by atoms with E-state index in [1.54, 1.807) is 12.3 Å². The summed E-state index contributed by atoms with van der Waals surface area (Å²) in [5.74, 6) is -1.02. The average molecular weight is 289 g/mol. The SMILES string of the molecule is CC(=O)c1cn(CCO)c2c(C(C)C)cc(C(=O)O)cc12. The van der Waals surface area contributed by atoms with Gasteiger partial charge < -0.3 is 14.8 Å². The zero-order valence-corrected chi connectivity index (χ0v) is 12.4. The van der Waals surface area contributed by atoms with Crippen molar-refractivity contribution in [1.82, 2.24) is 4.57 Å². The van der Waals surface area contributed by atoms with Crippen LogP contribution in [-0.4, -0.2) is 33.1 Å². The number of benzene rings is 1. The van der Waals surface area contributed by atoms with E-state index in [0.717, 1.165) is 11.1 Å². The van der Waals surface area contributed by atoms with E-state index in [4.69, 9.17) is 0 Å². The molecule has 1 heterocycles. The van der Waals surface area contributed by atoms with Crippen LogP contribution in [0.1, 0.15) is 53.0 Å². The molecule has 0 fully saturated rings. The monoisotopic (exact) mass is 289 g/mol. The molecule has 112 valence electrons. The van der Waals surface area contributed by atoms with Crippen LogP contribution in [0, 0.1) is 0 Å². The van der Waals surface area contributed by atoms with Crippen LogP contribution in [0.4, 0.5) is 0 Å². The van der Waals surface area contributed by atoms with Gasteiger partial charge in [0.15, 0.2) is 5.78 Å². The normalized spacial score (nSPS) is 11.3. The van der Waals surface area contributed by atoms with Gasteiger partial charge in [0.25, 0.3) is 0 Å². The molecule has 0 aliphatic carbocycles. The molecule has 2 aromatic rings. The van der Waals surface area contributed by atoms with Gasteiger partial charge in [-0.15, -0.1) is 0 Å². The Bertz CT molecular complexity index is 713. The second-order valence-electron chi connectivity index (χ2n) is 5.44. The van der Waals surface area contributed by atoms with Crippen LogP contribution in [0.2, 0.25) is 0 Å². The van der Waals surface area contributed by atoms with Crippen molar-refractivity contribution in [3.8, 4) is 0 Å². The number of hydrogen-bond acceptors (Lipinski definition) is 3. The minimum Gasteiger partial charge on any atom is -0.478 e. The van der Waals surface area contributed by atoms with Gasteiger partial charge in [-0.2, -0.15) is 0 Å². The van der Waals surface area contributed by atoms with Gasteiger partial charge >= 0.3 is 5.97 Å². The fourth-order valence-corrected chi connectivity index (χ4v) is 2.60. The first-order valence-electron chi connectivity index (χ1n) is 6.88. The zero-order valence-electron chi connectivity index (χ0n) is 12.4. The molecule has 2 rings (SSSR count). The lowest BCUT2D eigenvalue weighted by Gasteiger charge is -2.13. The van der Waals surface area contributed by atoms with Gasteiger partial charge in [0.1, 0.15) is 0 Å². The van der Waals surface area contributed by atoms with Gasteiger partial charge in [-0.25, -0.2) is 4.79 Å². The number of carbonyl (C=O) groups excluding carboxylic acids is 1. The highest BCUT2D eigenvalue weighted by Gasteiger charge is 2.19. The highest BCUT2D eigenvalue weighted by Crippen LogP contribution is 2.31. The molecule has 0 aliphatic rings. The summed E-state index contributed by atoms with van der Waals surface area (Å²) >= 11 is 0. The third-order valence-corrected chi connectivity index (χ3v) is 3.59. The number of fused-ring (bicyclic) bond motifs is 1. The molecule has 0 unspecified atom stereocenters. The number of rotatable bonds is 5. The van der Waals surface area contributed by atoms with E-state index in [-0.39, 0.29) is 23.9 Å². The van der Waals surface area contributed by atoms with Crippen molar-refractivity contribution < 1.29 is 19.8 Å². The summed E-state index contributed by atoms with van der Waals surface area (Å²) < 4.78 is 1.83. The fraction of sp³-hybridized carbons (Fsp3) is 0.375. The number of nitrogens with zero attached hydrogens (tertiary/aromatic N) is 1. The van der Waals surface area contributed by atoms with Crippen molar-refractivity contribution >= 4 is 22.7 Å². The maximum Gasteiger partial charge on any atom is 0.335 e. The summed E-state index contributed by atoms with van der Waals surface area (Å²) in [6, 6.07) is 3.18. The Kier molecular flexibility index (Phi) is 4.14. The molecule has 0 amide bonds. The van der Waals surface area contributed by atoms with Crippen LogP contribution in [-0.2, 0) is 6.54 Å². The molecule has 1 aromatic carbocycles. The number of aromatic nitrogens is 1. The maximum absolute atomic E-state index is 11.8. The fourth-order valence-electron chi connectivity index (χ4n) is 2.60. The van der Waals surface area contributed by atoms with Crippen molar-refractivity contribution in [3.05, 3.63) is 35.0 Å². The average Bonchev–Trinajstić information content (AvgIpc) is 2.77. The highest BCUT2D eigenvalue weighted by atomic mass is 16.4. The molecule has 0 radical (unpaired) electrons. The van der Waals surface area contributed by atoms with Crippen molar-refractivity contribution in [2.45, 2.75) is 33.2 Å². The number of aliphatic hydroxyl groups is 1. The van der Waals surface area contributed by atoms with Gasteiger partial charge in [-0.3, -0.25) is 4.79 Å². The summed E-state index contributed by atoms with van der Waals surface area (Å²) in [6.07, 6.45) is 1.70. The summed E-state index contributed by atoms with van der Waals surface area (Å²) in [7, 11) is 0. The van der Waals surface area contributed by atoms with Gasteiger partial charge in [0.05, 0.1) is 17.7 Å². The smallest absolute Gasteiger partial charge is 0.335 e. The van der Waals surface area contributed by atoms with Crippen LogP contribution in [0.15, 0.2) is 18.3 Å². The van der Waals surface area contributed by atoms with Gasteiger partial charge in [0.2, 0.25) is 0 Å². The number of carboxylic acids is 1. The molecule has 5 nitrogen and oxygen atoms in total. The molecule has 0 saturated carbocycles. The number of aliphatic hydroxyl groups excluding tert-OH is 1. The molecule has 0 saturated heterocycles. The number of aromatic carboxylic acids is 1. The Morgan fingerprint density at radius 2 is 1.95 bits per heavy atom. The Morgan fingerprint density at radius 1 is 1.29 bits per heavy atom. The Labute approximate surface area is 122 Å². The van der Waals surface area contributed by atoms with Crippen molar-refractivity contribution in [2.75, 3.05) is 6.61 Å². The van der Waals surface area contributed by atoms with Gasteiger partial charge in [-0.05, 0) is 30.5 Å². The molecule has 0 aliphatic heterocycles. The van der Waals surface area contributed by atoms with E-state index in [9.17, 15) is 19.8 Å². The molecule has 21 heavy (non-hydrogen) atoms. The van der Waals surface area contributed by atoms with E-state index in [1.165, 1.54) is 13.0 Å². The van der Waals surface area contributed by atoms with Crippen LogP contribution >= 0.6 is 0 Å². The molecule has 1 aromatic heterocycles.